The molecule has 0 spiro atoms. The predicted molar refractivity (Wildman–Crippen MR) is 138 cm³/mol. The summed E-state index contributed by atoms with van der Waals surface area (Å²) >= 11 is 0. The summed E-state index contributed by atoms with van der Waals surface area (Å²) in [5.41, 5.74) is 6.03. The van der Waals surface area contributed by atoms with Crippen molar-refractivity contribution in [1.82, 2.24) is 14.9 Å². The van der Waals surface area contributed by atoms with Crippen LogP contribution in [0.15, 0.2) is 79.3 Å². The van der Waals surface area contributed by atoms with Gasteiger partial charge in [0.25, 0.3) is 0 Å². The highest BCUT2D eigenvalue weighted by atomic mass is 16.1. The fraction of sp³-hybridized carbons (Fsp3) is 0.333. The second-order valence-corrected chi connectivity index (χ2v) is 9.70. The summed E-state index contributed by atoms with van der Waals surface area (Å²) in [6.07, 6.45) is 9.50. The molecule has 4 heteroatoms. The highest BCUT2D eigenvalue weighted by molar-refractivity contribution is 5.86. The molecule has 1 saturated heterocycles. The quantitative estimate of drug-likeness (QED) is 0.364. The van der Waals surface area contributed by atoms with Crippen molar-refractivity contribution >= 4 is 16.7 Å². The van der Waals surface area contributed by atoms with Crippen LogP contribution in [0.4, 0.5) is 0 Å². The molecule has 174 valence electrons. The lowest BCUT2D eigenvalue weighted by atomic mass is 9.83. The number of benzene rings is 2. The minimum Gasteiger partial charge on any atom is -0.341 e. The number of aryl methyl sites for hydroxylation is 1. The Balaban J connectivity index is 1.51. The molecular formula is C30H33N3O. The third-order valence-corrected chi connectivity index (χ3v) is 7.14. The minimum atomic E-state index is 0.0380. The van der Waals surface area contributed by atoms with Gasteiger partial charge in [-0.2, -0.15) is 0 Å². The molecule has 1 aliphatic heterocycles. The molecule has 0 radical (unpaired) electrons. The maximum atomic E-state index is 13.3. The van der Waals surface area contributed by atoms with Crippen LogP contribution in [-0.2, 0) is 11.3 Å². The number of carbonyl (C=O) groups excluding carboxylic acids is 1. The summed E-state index contributed by atoms with van der Waals surface area (Å²) < 4.78 is 2.28. The van der Waals surface area contributed by atoms with Crippen molar-refractivity contribution in [1.29, 1.82) is 0 Å². The van der Waals surface area contributed by atoms with E-state index < -0.39 is 0 Å². The average molecular weight is 452 g/mol. The number of hydrogen-bond acceptors (Lipinski definition) is 3. The molecule has 5 rings (SSSR count). The second kappa shape index (κ2) is 10.4. The molecule has 0 saturated carbocycles. The van der Waals surface area contributed by atoms with Crippen molar-refractivity contribution in [3.8, 4) is 0 Å². The maximum Gasteiger partial charge on any atom is 0.134 e. The van der Waals surface area contributed by atoms with E-state index in [1.807, 2.05) is 18.5 Å². The van der Waals surface area contributed by atoms with E-state index in [-0.39, 0.29) is 5.92 Å². The fourth-order valence-electron chi connectivity index (χ4n) is 5.37. The first-order valence-corrected chi connectivity index (χ1v) is 12.4. The van der Waals surface area contributed by atoms with E-state index in [9.17, 15) is 4.79 Å². The van der Waals surface area contributed by atoms with Crippen LogP contribution < -0.4 is 5.32 Å². The number of piperidine rings is 1. The lowest BCUT2D eigenvalue weighted by Gasteiger charge is -2.23. The average Bonchev–Trinajstić information content (AvgIpc) is 3.22. The van der Waals surface area contributed by atoms with Crippen LogP contribution in [0, 0.1) is 12.8 Å². The van der Waals surface area contributed by atoms with Gasteiger partial charge in [-0.15, -0.1) is 0 Å². The zero-order valence-electron chi connectivity index (χ0n) is 19.9. The molecule has 34 heavy (non-hydrogen) atoms. The highest BCUT2D eigenvalue weighted by Gasteiger charge is 2.25. The van der Waals surface area contributed by atoms with Gasteiger partial charge in [0.2, 0.25) is 0 Å². The Labute approximate surface area is 202 Å². The molecule has 1 atom stereocenters. The van der Waals surface area contributed by atoms with E-state index in [1.54, 1.807) is 0 Å². The standard InChI is InChI=1S/C30H33N3O/c1-22-6-5-9-25(16-22)28(18-26(34)17-23-10-13-31-14-11-23)29-21-33(20-24-7-3-2-4-8-24)30-19-32-15-12-27(29)30/h2-9,12,15-16,19,21,23,28,31H,10-11,13-14,17-18,20H2,1H3. The van der Waals surface area contributed by atoms with Crippen LogP contribution in [-0.4, -0.2) is 28.4 Å². The van der Waals surface area contributed by atoms with Gasteiger partial charge in [-0.25, -0.2) is 0 Å². The van der Waals surface area contributed by atoms with Crippen LogP contribution in [0.3, 0.4) is 0 Å². The monoisotopic (exact) mass is 451 g/mol. The summed E-state index contributed by atoms with van der Waals surface area (Å²) in [4.78, 5) is 17.8. The Hall–Kier alpha value is -3.24. The molecule has 1 unspecified atom stereocenters. The zero-order chi connectivity index (χ0) is 23.3. The molecule has 0 bridgehead atoms. The van der Waals surface area contributed by atoms with E-state index in [0.717, 1.165) is 38.0 Å². The van der Waals surface area contributed by atoms with Crippen LogP contribution in [0.1, 0.15) is 53.9 Å². The maximum absolute atomic E-state index is 13.3. The zero-order valence-corrected chi connectivity index (χ0v) is 19.9. The summed E-state index contributed by atoms with van der Waals surface area (Å²) in [5.74, 6) is 0.919. The molecular weight excluding hydrogens is 418 g/mol. The number of fused-ring (bicyclic) bond motifs is 1. The Morgan fingerprint density at radius 2 is 1.91 bits per heavy atom. The van der Waals surface area contributed by atoms with Gasteiger partial charge < -0.3 is 9.88 Å². The first-order chi connectivity index (χ1) is 16.7. The van der Waals surface area contributed by atoms with Crippen molar-refractivity contribution < 1.29 is 4.79 Å². The predicted octanol–water partition coefficient (Wildman–Crippen LogP) is 5.87. The Morgan fingerprint density at radius 3 is 2.71 bits per heavy atom. The first-order valence-electron chi connectivity index (χ1n) is 12.4. The van der Waals surface area contributed by atoms with Gasteiger partial charge in [0.15, 0.2) is 0 Å². The van der Waals surface area contributed by atoms with Gasteiger partial charge in [-0.05, 0) is 61.5 Å². The second-order valence-electron chi connectivity index (χ2n) is 9.70. The smallest absolute Gasteiger partial charge is 0.134 e. The van der Waals surface area contributed by atoms with Crippen molar-refractivity contribution in [3.63, 3.8) is 0 Å². The van der Waals surface area contributed by atoms with Gasteiger partial charge in [-0.1, -0.05) is 60.2 Å². The number of rotatable bonds is 8. The van der Waals surface area contributed by atoms with Gasteiger partial charge in [0.1, 0.15) is 5.78 Å². The molecule has 4 aromatic rings. The van der Waals surface area contributed by atoms with E-state index in [4.69, 9.17) is 0 Å². The molecule has 0 aliphatic carbocycles. The molecule has 1 N–H and O–H groups in total. The molecule has 0 amide bonds. The van der Waals surface area contributed by atoms with Gasteiger partial charge in [0, 0.05) is 43.1 Å². The van der Waals surface area contributed by atoms with E-state index in [0.29, 0.717) is 24.5 Å². The first kappa shape index (κ1) is 22.5. The number of carbonyl (C=O) groups is 1. The lowest BCUT2D eigenvalue weighted by Crippen LogP contribution is -2.29. The summed E-state index contributed by atoms with van der Waals surface area (Å²) in [7, 11) is 0. The number of aromatic nitrogens is 2. The summed E-state index contributed by atoms with van der Waals surface area (Å²) in [6.45, 7) is 4.96. The van der Waals surface area contributed by atoms with Crippen molar-refractivity contribution in [3.05, 3.63) is 102 Å². The van der Waals surface area contributed by atoms with Gasteiger partial charge >= 0.3 is 0 Å². The topological polar surface area (TPSA) is 46.9 Å². The Morgan fingerprint density at radius 1 is 1.09 bits per heavy atom. The molecule has 4 nitrogen and oxygen atoms in total. The van der Waals surface area contributed by atoms with Gasteiger partial charge in [-0.3, -0.25) is 9.78 Å². The number of Topliss-reactive ketones (excluding diaryl/α,β-unsaturated/α-hetero) is 1. The van der Waals surface area contributed by atoms with Crippen LogP contribution in [0.2, 0.25) is 0 Å². The van der Waals surface area contributed by atoms with Crippen LogP contribution >= 0.6 is 0 Å². The van der Waals surface area contributed by atoms with Crippen molar-refractivity contribution in [2.75, 3.05) is 13.1 Å². The number of nitrogens with one attached hydrogen (secondary N) is 1. The van der Waals surface area contributed by atoms with Crippen LogP contribution in [0.25, 0.3) is 10.9 Å². The van der Waals surface area contributed by atoms with Crippen molar-refractivity contribution in [2.24, 2.45) is 5.92 Å². The third kappa shape index (κ3) is 5.13. The van der Waals surface area contributed by atoms with E-state index >= 15 is 0 Å². The molecule has 1 fully saturated rings. The normalized spacial score (nSPS) is 15.4. The van der Waals surface area contributed by atoms with Gasteiger partial charge in [0.05, 0.1) is 11.7 Å². The largest absolute Gasteiger partial charge is 0.341 e. The number of hydrogen-bond donors (Lipinski definition) is 1. The summed E-state index contributed by atoms with van der Waals surface area (Å²) in [6, 6.07) is 21.3. The summed E-state index contributed by atoms with van der Waals surface area (Å²) in [5, 5.41) is 4.60. The fourth-order valence-corrected chi connectivity index (χ4v) is 5.37. The molecule has 1 aliphatic rings. The molecule has 2 aromatic heterocycles. The Bertz CT molecular complexity index is 1250. The lowest BCUT2D eigenvalue weighted by molar-refractivity contribution is -0.120. The third-order valence-electron chi connectivity index (χ3n) is 7.14. The Kier molecular flexibility index (Phi) is 6.87. The number of ketones is 1. The SMILES string of the molecule is Cc1cccc(C(CC(=O)CC2CCNCC2)c2cn(Cc3ccccc3)c3cnccc23)c1. The molecule has 2 aromatic carbocycles. The number of pyridine rings is 1. The minimum absolute atomic E-state index is 0.0380. The highest BCUT2D eigenvalue weighted by Crippen LogP contribution is 2.36. The van der Waals surface area contributed by atoms with E-state index in [2.05, 4.69) is 82.6 Å². The van der Waals surface area contributed by atoms with Crippen LogP contribution in [0.5, 0.6) is 0 Å². The molecule has 3 heterocycles. The van der Waals surface area contributed by atoms with E-state index in [1.165, 1.54) is 27.6 Å². The van der Waals surface area contributed by atoms with Crippen molar-refractivity contribution in [2.45, 2.75) is 45.1 Å². The number of nitrogens with zero attached hydrogens (tertiary/aromatic N) is 2.